The second-order valence-electron chi connectivity index (χ2n) is 4.34. The number of nitrogen functional groups attached to an aromatic ring is 1. The van der Waals surface area contributed by atoms with Gasteiger partial charge in [-0.1, -0.05) is 0 Å². The molecule has 0 aliphatic carbocycles. The van der Waals surface area contributed by atoms with E-state index in [2.05, 4.69) is 27.1 Å². The Kier molecular flexibility index (Phi) is 2.36. The SMILES string of the molecule is C[C@H]1CN(c2nc(N)nc3ccoc23)CCN1. The van der Waals surface area contributed by atoms with Crippen LogP contribution in [0.3, 0.4) is 0 Å². The van der Waals surface area contributed by atoms with Gasteiger partial charge in [0.25, 0.3) is 0 Å². The minimum Gasteiger partial charge on any atom is -0.459 e. The number of hydrogen-bond donors (Lipinski definition) is 2. The highest BCUT2D eigenvalue weighted by Crippen LogP contribution is 2.26. The Morgan fingerprint density at radius 1 is 1.53 bits per heavy atom. The van der Waals surface area contributed by atoms with E-state index in [9.17, 15) is 0 Å². The van der Waals surface area contributed by atoms with Gasteiger partial charge in [-0.15, -0.1) is 0 Å². The van der Waals surface area contributed by atoms with Crippen molar-refractivity contribution in [3.63, 3.8) is 0 Å². The second kappa shape index (κ2) is 3.89. The van der Waals surface area contributed by atoms with Crippen molar-refractivity contribution in [3.05, 3.63) is 12.3 Å². The summed E-state index contributed by atoms with van der Waals surface area (Å²) in [7, 11) is 0. The van der Waals surface area contributed by atoms with Crippen molar-refractivity contribution in [2.24, 2.45) is 0 Å². The number of furan rings is 1. The topological polar surface area (TPSA) is 80.2 Å². The van der Waals surface area contributed by atoms with Gasteiger partial charge in [-0.3, -0.25) is 0 Å². The summed E-state index contributed by atoms with van der Waals surface area (Å²) in [6.07, 6.45) is 1.62. The molecule has 3 rings (SSSR count). The van der Waals surface area contributed by atoms with Crippen LogP contribution in [0.15, 0.2) is 16.7 Å². The van der Waals surface area contributed by atoms with Gasteiger partial charge in [0.1, 0.15) is 5.52 Å². The Balaban J connectivity index is 2.06. The Morgan fingerprint density at radius 2 is 2.41 bits per heavy atom. The van der Waals surface area contributed by atoms with Crippen molar-refractivity contribution in [2.75, 3.05) is 30.3 Å². The third-order valence-corrected chi connectivity index (χ3v) is 2.97. The molecule has 90 valence electrons. The van der Waals surface area contributed by atoms with Crippen LogP contribution in [0.2, 0.25) is 0 Å². The lowest BCUT2D eigenvalue weighted by atomic mass is 10.2. The lowest BCUT2D eigenvalue weighted by Crippen LogP contribution is -2.49. The third kappa shape index (κ3) is 1.80. The van der Waals surface area contributed by atoms with Gasteiger partial charge in [0.05, 0.1) is 6.26 Å². The summed E-state index contributed by atoms with van der Waals surface area (Å²) in [4.78, 5) is 10.6. The number of rotatable bonds is 1. The highest BCUT2D eigenvalue weighted by Gasteiger charge is 2.21. The maximum atomic E-state index is 5.72. The smallest absolute Gasteiger partial charge is 0.222 e. The van der Waals surface area contributed by atoms with Crippen LogP contribution < -0.4 is 16.0 Å². The van der Waals surface area contributed by atoms with Gasteiger partial charge in [0.15, 0.2) is 11.4 Å². The second-order valence-corrected chi connectivity index (χ2v) is 4.34. The molecule has 1 atom stereocenters. The van der Waals surface area contributed by atoms with Crippen molar-refractivity contribution < 1.29 is 4.42 Å². The fourth-order valence-electron chi connectivity index (χ4n) is 2.20. The lowest BCUT2D eigenvalue weighted by Gasteiger charge is -2.32. The van der Waals surface area contributed by atoms with Gasteiger partial charge in [-0.2, -0.15) is 4.98 Å². The molecule has 3 heterocycles. The number of nitrogens with one attached hydrogen (secondary N) is 1. The Hall–Kier alpha value is -1.82. The first-order chi connectivity index (χ1) is 8.24. The quantitative estimate of drug-likeness (QED) is 0.751. The zero-order chi connectivity index (χ0) is 11.8. The van der Waals surface area contributed by atoms with Crippen molar-refractivity contribution in [1.29, 1.82) is 0 Å². The number of fused-ring (bicyclic) bond motifs is 1. The molecule has 1 aliphatic rings. The maximum Gasteiger partial charge on any atom is 0.222 e. The predicted octanol–water partition coefficient (Wildman–Crippen LogP) is 0.603. The van der Waals surface area contributed by atoms with E-state index in [-0.39, 0.29) is 0 Å². The molecule has 17 heavy (non-hydrogen) atoms. The molecule has 6 nitrogen and oxygen atoms in total. The molecular formula is C11H15N5O. The summed E-state index contributed by atoms with van der Waals surface area (Å²) in [6.45, 7) is 4.88. The number of hydrogen-bond acceptors (Lipinski definition) is 6. The number of aromatic nitrogens is 2. The average molecular weight is 233 g/mol. The van der Waals surface area contributed by atoms with Gasteiger partial charge in [-0.05, 0) is 6.92 Å². The summed E-state index contributed by atoms with van der Waals surface area (Å²) >= 11 is 0. The van der Waals surface area contributed by atoms with Crippen molar-refractivity contribution >= 4 is 22.9 Å². The standard InChI is InChI=1S/C11H15N5O/c1-7-6-16(4-3-13-7)10-9-8(2-5-17-9)14-11(12)15-10/h2,5,7,13H,3-4,6H2,1H3,(H2,12,14,15)/t7-/m0/s1. The molecule has 0 unspecified atom stereocenters. The Labute approximate surface area is 98.8 Å². The molecule has 0 amide bonds. The van der Waals surface area contributed by atoms with Crippen LogP contribution >= 0.6 is 0 Å². The number of anilines is 2. The molecule has 1 fully saturated rings. The van der Waals surface area contributed by atoms with Crippen molar-refractivity contribution in [2.45, 2.75) is 13.0 Å². The lowest BCUT2D eigenvalue weighted by molar-refractivity contribution is 0.481. The zero-order valence-electron chi connectivity index (χ0n) is 9.68. The molecule has 3 N–H and O–H groups in total. The van der Waals surface area contributed by atoms with E-state index >= 15 is 0 Å². The highest BCUT2D eigenvalue weighted by molar-refractivity contribution is 5.85. The van der Waals surface area contributed by atoms with Crippen LogP contribution in [-0.2, 0) is 0 Å². The largest absolute Gasteiger partial charge is 0.459 e. The average Bonchev–Trinajstić information content (AvgIpc) is 2.75. The van der Waals surface area contributed by atoms with E-state index in [0.29, 0.717) is 17.6 Å². The van der Waals surface area contributed by atoms with Crippen LogP contribution in [0.1, 0.15) is 6.92 Å². The normalized spacial score (nSPS) is 21.0. The van der Waals surface area contributed by atoms with Gasteiger partial charge in [0.2, 0.25) is 5.95 Å². The molecule has 2 aromatic heterocycles. The summed E-state index contributed by atoms with van der Waals surface area (Å²) in [6, 6.07) is 2.24. The molecule has 2 aromatic rings. The molecule has 0 spiro atoms. The van der Waals surface area contributed by atoms with E-state index in [4.69, 9.17) is 10.2 Å². The molecular weight excluding hydrogens is 218 g/mol. The van der Waals surface area contributed by atoms with Gasteiger partial charge >= 0.3 is 0 Å². The fourth-order valence-corrected chi connectivity index (χ4v) is 2.20. The summed E-state index contributed by atoms with van der Waals surface area (Å²) in [5.74, 6) is 1.09. The molecule has 0 radical (unpaired) electrons. The predicted molar refractivity (Wildman–Crippen MR) is 65.9 cm³/mol. The molecule has 0 bridgehead atoms. The monoisotopic (exact) mass is 233 g/mol. The highest BCUT2D eigenvalue weighted by atomic mass is 16.3. The van der Waals surface area contributed by atoms with Gasteiger partial charge in [0, 0.05) is 31.7 Å². The summed E-state index contributed by atoms with van der Waals surface area (Å²) in [5.41, 5.74) is 7.20. The molecule has 1 aliphatic heterocycles. The third-order valence-electron chi connectivity index (χ3n) is 2.97. The van der Waals surface area contributed by atoms with Crippen LogP contribution in [-0.4, -0.2) is 35.6 Å². The van der Waals surface area contributed by atoms with Gasteiger partial charge < -0.3 is 20.4 Å². The van der Waals surface area contributed by atoms with E-state index in [1.807, 2.05) is 6.07 Å². The maximum absolute atomic E-state index is 5.72. The van der Waals surface area contributed by atoms with Crippen LogP contribution in [0.5, 0.6) is 0 Å². The number of nitrogens with zero attached hydrogens (tertiary/aromatic N) is 3. The first kappa shape index (κ1) is 10.3. The van der Waals surface area contributed by atoms with Gasteiger partial charge in [-0.25, -0.2) is 4.98 Å². The molecule has 1 saturated heterocycles. The van der Waals surface area contributed by atoms with Crippen molar-refractivity contribution in [1.82, 2.24) is 15.3 Å². The minimum absolute atomic E-state index is 0.292. The van der Waals surface area contributed by atoms with Crippen LogP contribution in [0.25, 0.3) is 11.1 Å². The van der Waals surface area contributed by atoms with E-state index < -0.39 is 0 Å². The number of piperazine rings is 1. The van der Waals surface area contributed by atoms with Crippen molar-refractivity contribution in [3.8, 4) is 0 Å². The van der Waals surface area contributed by atoms with Crippen LogP contribution in [0, 0.1) is 0 Å². The zero-order valence-corrected chi connectivity index (χ0v) is 9.68. The minimum atomic E-state index is 0.292. The van der Waals surface area contributed by atoms with E-state index in [0.717, 1.165) is 31.0 Å². The first-order valence-corrected chi connectivity index (χ1v) is 5.73. The summed E-state index contributed by atoms with van der Waals surface area (Å²) < 4.78 is 5.45. The molecule has 0 aromatic carbocycles. The molecule has 6 heteroatoms. The number of nitrogens with two attached hydrogens (primary N) is 1. The Bertz CT molecular complexity index is 538. The van der Waals surface area contributed by atoms with E-state index in [1.165, 1.54) is 0 Å². The summed E-state index contributed by atoms with van der Waals surface area (Å²) in [5, 5.41) is 3.39. The molecule has 0 saturated carbocycles. The van der Waals surface area contributed by atoms with Crippen LogP contribution in [0.4, 0.5) is 11.8 Å². The Morgan fingerprint density at radius 3 is 3.24 bits per heavy atom. The first-order valence-electron chi connectivity index (χ1n) is 5.73. The fraction of sp³-hybridized carbons (Fsp3) is 0.455. The van der Waals surface area contributed by atoms with E-state index in [1.54, 1.807) is 6.26 Å².